The number of carbonyl (C=O) groups is 1. The molecule has 1 aromatic carbocycles. The maximum atomic E-state index is 12.6. The smallest absolute Gasteiger partial charge is 0.410 e. The molecule has 1 unspecified atom stereocenters. The number of anilines is 1. The number of piperazine rings is 1. The fourth-order valence-corrected chi connectivity index (χ4v) is 4.59. The minimum absolute atomic E-state index is 0.173. The van der Waals surface area contributed by atoms with Gasteiger partial charge in [-0.05, 0) is 45.8 Å². The fourth-order valence-electron chi connectivity index (χ4n) is 4.59. The van der Waals surface area contributed by atoms with Crippen molar-refractivity contribution < 1.29 is 9.53 Å². The molecule has 0 radical (unpaired) electrons. The van der Waals surface area contributed by atoms with Crippen molar-refractivity contribution >= 4 is 11.8 Å². The van der Waals surface area contributed by atoms with E-state index in [-0.39, 0.29) is 12.2 Å². The number of rotatable bonds is 3. The van der Waals surface area contributed by atoms with Crippen molar-refractivity contribution in [3.05, 3.63) is 29.8 Å². The number of ether oxygens (including phenoxy) is 1. The van der Waals surface area contributed by atoms with Gasteiger partial charge in [-0.3, -0.25) is 4.90 Å². The zero-order valence-corrected chi connectivity index (χ0v) is 16.6. The Morgan fingerprint density at radius 3 is 2.48 bits per heavy atom. The Hall–Kier alpha value is -1.79. The Morgan fingerprint density at radius 2 is 1.78 bits per heavy atom. The summed E-state index contributed by atoms with van der Waals surface area (Å²) in [6.45, 7) is 11.1. The summed E-state index contributed by atoms with van der Waals surface area (Å²) in [6.07, 6.45) is 2.14. The zero-order valence-electron chi connectivity index (χ0n) is 16.6. The number of likely N-dealkylation sites (tertiary alicyclic amines) is 1. The van der Waals surface area contributed by atoms with Crippen LogP contribution in [-0.4, -0.2) is 78.7 Å². The van der Waals surface area contributed by atoms with Crippen LogP contribution in [0.2, 0.25) is 0 Å². The van der Waals surface area contributed by atoms with Crippen molar-refractivity contribution in [1.29, 1.82) is 0 Å². The number of amides is 1. The Labute approximate surface area is 162 Å². The molecule has 0 aromatic heterocycles. The number of piperidine rings is 1. The minimum Gasteiger partial charge on any atom is -0.439 e. The van der Waals surface area contributed by atoms with E-state index in [1.807, 2.05) is 29.2 Å². The number of nitrogens with zero attached hydrogens (tertiary/aromatic N) is 3. The van der Waals surface area contributed by atoms with Crippen LogP contribution in [0.4, 0.5) is 10.5 Å². The Balaban J connectivity index is 1.24. The molecular formula is C21H32N4O2. The van der Waals surface area contributed by atoms with E-state index < -0.39 is 0 Å². The third kappa shape index (κ3) is 4.06. The van der Waals surface area contributed by atoms with Gasteiger partial charge >= 0.3 is 6.09 Å². The minimum atomic E-state index is -0.174. The molecular weight excluding hydrogens is 340 g/mol. The largest absolute Gasteiger partial charge is 0.439 e. The molecule has 148 valence electrons. The highest BCUT2D eigenvalue weighted by Gasteiger charge is 2.32. The quantitative estimate of drug-likeness (QED) is 0.884. The van der Waals surface area contributed by atoms with Gasteiger partial charge in [-0.1, -0.05) is 18.2 Å². The Morgan fingerprint density at radius 1 is 1.07 bits per heavy atom. The molecule has 1 N–H and O–H groups in total. The molecule has 2 fully saturated rings. The molecule has 4 rings (SSSR count). The van der Waals surface area contributed by atoms with Crippen LogP contribution in [0.5, 0.6) is 0 Å². The van der Waals surface area contributed by atoms with Gasteiger partial charge in [0.05, 0.1) is 6.54 Å². The maximum Gasteiger partial charge on any atom is 0.410 e. The molecule has 1 atom stereocenters. The van der Waals surface area contributed by atoms with E-state index in [0.717, 1.165) is 37.4 Å². The lowest BCUT2D eigenvalue weighted by atomic mass is 10.0. The standard InChI is InChI=1S/C21H32N4O2/c1-16(2)23-9-7-17(8-10-23)24-11-13-25(14-12-24)21(26)27-20-15-22-19-6-4-3-5-18(19)20/h3-6,16-17,20,22H,7-15H2,1-2H3. The van der Waals surface area contributed by atoms with Gasteiger partial charge in [0, 0.05) is 49.5 Å². The van der Waals surface area contributed by atoms with Crippen LogP contribution >= 0.6 is 0 Å². The first-order chi connectivity index (χ1) is 13.1. The molecule has 3 aliphatic rings. The average molecular weight is 373 g/mol. The number of hydrogen-bond donors (Lipinski definition) is 1. The second kappa shape index (κ2) is 8.07. The second-order valence-electron chi connectivity index (χ2n) is 8.22. The summed E-state index contributed by atoms with van der Waals surface area (Å²) in [7, 11) is 0. The van der Waals surface area contributed by atoms with Crippen molar-refractivity contribution in [2.45, 2.75) is 44.9 Å². The third-order valence-corrected chi connectivity index (χ3v) is 6.35. The molecule has 1 amide bonds. The van der Waals surface area contributed by atoms with Crippen LogP contribution in [0.3, 0.4) is 0 Å². The summed E-state index contributed by atoms with van der Waals surface area (Å²) in [6, 6.07) is 9.38. The topological polar surface area (TPSA) is 48.0 Å². The predicted molar refractivity (Wildman–Crippen MR) is 107 cm³/mol. The highest BCUT2D eigenvalue weighted by Crippen LogP contribution is 2.32. The van der Waals surface area contributed by atoms with E-state index in [1.54, 1.807) is 0 Å². The van der Waals surface area contributed by atoms with E-state index in [2.05, 4.69) is 29.0 Å². The van der Waals surface area contributed by atoms with Crippen molar-refractivity contribution in [3.63, 3.8) is 0 Å². The van der Waals surface area contributed by atoms with Gasteiger partial charge in [0.2, 0.25) is 0 Å². The van der Waals surface area contributed by atoms with Crippen LogP contribution < -0.4 is 5.32 Å². The number of benzene rings is 1. The highest BCUT2D eigenvalue weighted by atomic mass is 16.6. The van der Waals surface area contributed by atoms with Crippen LogP contribution in [0.25, 0.3) is 0 Å². The van der Waals surface area contributed by atoms with Crippen molar-refractivity contribution in [2.24, 2.45) is 0 Å². The van der Waals surface area contributed by atoms with Crippen LogP contribution in [-0.2, 0) is 4.74 Å². The Kier molecular flexibility index (Phi) is 5.55. The van der Waals surface area contributed by atoms with Gasteiger partial charge in [-0.15, -0.1) is 0 Å². The molecule has 0 saturated carbocycles. The molecule has 6 nitrogen and oxygen atoms in total. The predicted octanol–water partition coefficient (Wildman–Crippen LogP) is 2.78. The average Bonchev–Trinajstić information content (AvgIpc) is 3.11. The Bertz CT molecular complexity index is 649. The summed E-state index contributed by atoms with van der Waals surface area (Å²) < 4.78 is 5.80. The van der Waals surface area contributed by atoms with E-state index >= 15 is 0 Å². The van der Waals surface area contributed by atoms with Crippen LogP contribution in [0.15, 0.2) is 24.3 Å². The highest BCUT2D eigenvalue weighted by molar-refractivity contribution is 5.69. The summed E-state index contributed by atoms with van der Waals surface area (Å²) in [5.41, 5.74) is 2.16. The van der Waals surface area contributed by atoms with Gasteiger partial charge in [-0.2, -0.15) is 0 Å². The van der Waals surface area contributed by atoms with Gasteiger partial charge in [-0.25, -0.2) is 4.79 Å². The maximum absolute atomic E-state index is 12.6. The van der Waals surface area contributed by atoms with E-state index in [9.17, 15) is 4.79 Å². The lowest BCUT2D eigenvalue weighted by Gasteiger charge is -2.43. The van der Waals surface area contributed by atoms with E-state index in [1.165, 1.54) is 25.9 Å². The van der Waals surface area contributed by atoms with Gasteiger partial charge < -0.3 is 19.9 Å². The summed E-state index contributed by atoms with van der Waals surface area (Å²) in [5.74, 6) is 0. The van der Waals surface area contributed by atoms with Crippen molar-refractivity contribution in [1.82, 2.24) is 14.7 Å². The molecule has 2 saturated heterocycles. The van der Waals surface area contributed by atoms with Gasteiger partial charge in [0.15, 0.2) is 0 Å². The first-order valence-electron chi connectivity index (χ1n) is 10.4. The fraction of sp³-hybridized carbons (Fsp3) is 0.667. The third-order valence-electron chi connectivity index (χ3n) is 6.35. The summed E-state index contributed by atoms with van der Waals surface area (Å²) >= 11 is 0. The summed E-state index contributed by atoms with van der Waals surface area (Å²) in [5, 5.41) is 3.31. The molecule has 3 heterocycles. The van der Waals surface area contributed by atoms with Crippen LogP contribution in [0, 0.1) is 0 Å². The molecule has 0 bridgehead atoms. The summed E-state index contributed by atoms with van der Waals surface area (Å²) in [4.78, 5) is 19.6. The lowest BCUT2D eigenvalue weighted by molar-refractivity contribution is 0.0297. The number of para-hydroxylation sites is 1. The van der Waals surface area contributed by atoms with Gasteiger partial charge in [0.1, 0.15) is 6.10 Å². The number of carbonyl (C=O) groups excluding carboxylic acids is 1. The molecule has 3 aliphatic heterocycles. The monoisotopic (exact) mass is 372 g/mol. The number of fused-ring (bicyclic) bond motifs is 1. The van der Waals surface area contributed by atoms with E-state index in [0.29, 0.717) is 18.6 Å². The molecule has 27 heavy (non-hydrogen) atoms. The van der Waals surface area contributed by atoms with Gasteiger partial charge in [0.25, 0.3) is 0 Å². The van der Waals surface area contributed by atoms with Crippen LogP contribution in [0.1, 0.15) is 38.4 Å². The first-order valence-corrected chi connectivity index (χ1v) is 10.4. The first kappa shape index (κ1) is 18.6. The second-order valence-corrected chi connectivity index (χ2v) is 8.22. The zero-order chi connectivity index (χ0) is 18.8. The van der Waals surface area contributed by atoms with Crippen molar-refractivity contribution in [3.8, 4) is 0 Å². The normalized spacial score (nSPS) is 24.7. The lowest BCUT2D eigenvalue weighted by Crippen LogP contribution is -2.55. The number of hydrogen-bond acceptors (Lipinski definition) is 5. The van der Waals surface area contributed by atoms with E-state index in [4.69, 9.17) is 4.74 Å². The van der Waals surface area contributed by atoms with Crippen molar-refractivity contribution in [2.75, 3.05) is 51.1 Å². The SMILES string of the molecule is CC(C)N1CCC(N2CCN(C(=O)OC3CNc4ccccc43)CC2)CC1. The molecule has 0 aliphatic carbocycles. The molecule has 6 heteroatoms. The number of nitrogens with one attached hydrogen (secondary N) is 1. The molecule has 1 aromatic rings. The molecule has 0 spiro atoms.